The lowest BCUT2D eigenvalue weighted by Gasteiger charge is -2.35. The molecular weight excluding hydrogens is 164 g/mol. The van der Waals surface area contributed by atoms with E-state index in [-0.39, 0.29) is 6.23 Å². The second-order valence-corrected chi connectivity index (χ2v) is 3.57. The van der Waals surface area contributed by atoms with Gasteiger partial charge in [-0.2, -0.15) is 0 Å². The van der Waals surface area contributed by atoms with Gasteiger partial charge in [-0.05, 0) is 27.4 Å². The van der Waals surface area contributed by atoms with Crippen LogP contribution in [0, 0.1) is 0 Å². The smallest absolute Gasteiger partial charge is 0.107 e. The third-order valence-electron chi connectivity index (χ3n) is 2.25. The molecule has 0 aliphatic carbocycles. The molecule has 0 saturated carbocycles. The first-order valence-electron chi connectivity index (χ1n) is 5.17. The zero-order valence-electron chi connectivity index (χ0n) is 9.58. The van der Waals surface area contributed by atoms with Crippen molar-refractivity contribution in [3.8, 4) is 0 Å². The number of ether oxygens (including phenoxy) is 1. The highest BCUT2D eigenvalue weighted by Gasteiger charge is 2.25. The van der Waals surface area contributed by atoms with Gasteiger partial charge in [-0.3, -0.25) is 0 Å². The quantitative estimate of drug-likeness (QED) is 0.676. The van der Waals surface area contributed by atoms with E-state index in [1.54, 1.807) is 0 Å². The van der Waals surface area contributed by atoms with E-state index in [4.69, 9.17) is 10.5 Å². The van der Waals surface area contributed by atoms with Crippen LogP contribution in [0.5, 0.6) is 0 Å². The summed E-state index contributed by atoms with van der Waals surface area (Å²) in [5.74, 6) is 0. The third-order valence-corrected chi connectivity index (χ3v) is 2.25. The van der Waals surface area contributed by atoms with Gasteiger partial charge in [-0.25, -0.2) is 0 Å². The molecule has 0 spiro atoms. The first-order chi connectivity index (χ1) is 6.09. The van der Waals surface area contributed by atoms with Gasteiger partial charge >= 0.3 is 0 Å². The van der Waals surface area contributed by atoms with Crippen molar-refractivity contribution in [1.82, 2.24) is 4.90 Å². The lowest BCUT2D eigenvalue weighted by atomic mass is 10.0. The van der Waals surface area contributed by atoms with Gasteiger partial charge < -0.3 is 15.4 Å². The van der Waals surface area contributed by atoms with E-state index in [9.17, 15) is 0 Å². The summed E-state index contributed by atoms with van der Waals surface area (Å²) in [4.78, 5) is 2.22. The number of rotatable bonds is 1. The summed E-state index contributed by atoms with van der Waals surface area (Å²) >= 11 is 0. The zero-order valence-corrected chi connectivity index (χ0v) is 9.58. The second-order valence-electron chi connectivity index (χ2n) is 3.57. The number of nitrogens with zero attached hydrogens (tertiary/aromatic N) is 1. The van der Waals surface area contributed by atoms with Gasteiger partial charge in [0, 0.05) is 12.5 Å². The molecule has 1 heterocycles. The average Bonchev–Trinajstić information content (AvgIpc) is 2.06. The van der Waals surface area contributed by atoms with Crippen molar-refractivity contribution in [2.24, 2.45) is 5.73 Å². The predicted octanol–water partition coefficient (Wildman–Crippen LogP) is 1.43. The summed E-state index contributed by atoms with van der Waals surface area (Å²) in [6.45, 7) is 6.08. The summed E-state index contributed by atoms with van der Waals surface area (Å²) in [5.41, 5.74) is 5.70. The van der Waals surface area contributed by atoms with Crippen LogP contribution in [-0.2, 0) is 4.74 Å². The van der Waals surface area contributed by atoms with Crippen molar-refractivity contribution in [2.75, 3.05) is 14.1 Å². The Bertz CT molecular complexity index is 118. The Kier molecular flexibility index (Phi) is 6.29. The lowest BCUT2D eigenvalue weighted by Crippen LogP contribution is -2.44. The van der Waals surface area contributed by atoms with E-state index < -0.39 is 0 Å². The summed E-state index contributed by atoms with van der Waals surface area (Å²) in [6, 6.07) is 0.591. The SMILES string of the molecule is CC.CC1CC(N(C)C)CC(N)O1. The molecular formula is C10H24N2O. The molecule has 0 amide bonds. The fourth-order valence-electron chi connectivity index (χ4n) is 1.58. The standard InChI is InChI=1S/C8H18N2O.C2H6/c1-6-4-7(10(2)3)5-8(9)11-6;1-2/h6-8H,4-5,9H2,1-3H3;1-2H3. The number of hydrogen-bond donors (Lipinski definition) is 1. The fraction of sp³-hybridized carbons (Fsp3) is 1.00. The van der Waals surface area contributed by atoms with Gasteiger partial charge in [0.15, 0.2) is 0 Å². The molecule has 3 unspecified atom stereocenters. The summed E-state index contributed by atoms with van der Waals surface area (Å²) in [6.07, 6.45) is 2.30. The van der Waals surface area contributed by atoms with Crippen LogP contribution in [0.1, 0.15) is 33.6 Å². The van der Waals surface area contributed by atoms with Crippen LogP contribution < -0.4 is 5.73 Å². The van der Waals surface area contributed by atoms with Crippen LogP contribution in [0.2, 0.25) is 0 Å². The Hall–Kier alpha value is -0.120. The largest absolute Gasteiger partial charge is 0.361 e. The molecule has 1 saturated heterocycles. The summed E-state index contributed by atoms with van der Waals surface area (Å²) in [7, 11) is 4.19. The van der Waals surface area contributed by atoms with Crippen molar-refractivity contribution in [3.05, 3.63) is 0 Å². The van der Waals surface area contributed by atoms with Gasteiger partial charge in [0.25, 0.3) is 0 Å². The molecule has 13 heavy (non-hydrogen) atoms. The molecule has 0 bridgehead atoms. The molecule has 1 fully saturated rings. The normalized spacial score (nSPS) is 33.9. The lowest BCUT2D eigenvalue weighted by molar-refractivity contribution is -0.0636. The van der Waals surface area contributed by atoms with E-state index in [1.165, 1.54) is 0 Å². The monoisotopic (exact) mass is 188 g/mol. The highest BCUT2D eigenvalue weighted by Crippen LogP contribution is 2.19. The molecule has 1 aliphatic heterocycles. The average molecular weight is 188 g/mol. The molecule has 0 aromatic rings. The zero-order chi connectivity index (χ0) is 10.4. The Morgan fingerprint density at radius 2 is 1.77 bits per heavy atom. The molecule has 0 radical (unpaired) electrons. The first kappa shape index (κ1) is 12.9. The topological polar surface area (TPSA) is 38.5 Å². The van der Waals surface area contributed by atoms with Crippen LogP contribution in [0.4, 0.5) is 0 Å². The van der Waals surface area contributed by atoms with Crippen LogP contribution in [0.15, 0.2) is 0 Å². The molecule has 1 rings (SSSR count). The van der Waals surface area contributed by atoms with Gasteiger partial charge in [0.05, 0.1) is 6.10 Å². The molecule has 80 valence electrons. The summed E-state index contributed by atoms with van der Waals surface area (Å²) < 4.78 is 5.42. The third kappa shape index (κ3) is 4.60. The highest BCUT2D eigenvalue weighted by atomic mass is 16.5. The number of hydrogen-bond acceptors (Lipinski definition) is 3. The maximum atomic E-state index is 5.70. The Labute approximate surface area is 82.2 Å². The van der Waals surface area contributed by atoms with E-state index in [1.807, 2.05) is 13.8 Å². The predicted molar refractivity (Wildman–Crippen MR) is 56.6 cm³/mol. The first-order valence-corrected chi connectivity index (χ1v) is 5.17. The Morgan fingerprint density at radius 3 is 2.15 bits per heavy atom. The maximum absolute atomic E-state index is 5.70. The molecule has 1 aliphatic rings. The van der Waals surface area contributed by atoms with E-state index in [0.29, 0.717) is 12.1 Å². The van der Waals surface area contributed by atoms with Crippen molar-refractivity contribution in [1.29, 1.82) is 0 Å². The van der Waals surface area contributed by atoms with Crippen LogP contribution in [0.25, 0.3) is 0 Å². The van der Waals surface area contributed by atoms with E-state index >= 15 is 0 Å². The fourth-order valence-corrected chi connectivity index (χ4v) is 1.58. The molecule has 0 aromatic heterocycles. The van der Waals surface area contributed by atoms with E-state index in [2.05, 4.69) is 25.9 Å². The van der Waals surface area contributed by atoms with Crippen molar-refractivity contribution >= 4 is 0 Å². The molecule has 3 nitrogen and oxygen atoms in total. The Balaban J connectivity index is 0.000000671. The van der Waals surface area contributed by atoms with Gasteiger partial charge in [-0.1, -0.05) is 13.8 Å². The van der Waals surface area contributed by atoms with Crippen molar-refractivity contribution in [3.63, 3.8) is 0 Å². The summed E-state index contributed by atoms with van der Waals surface area (Å²) in [5, 5.41) is 0. The molecule has 3 atom stereocenters. The highest BCUT2D eigenvalue weighted by molar-refractivity contribution is 4.77. The van der Waals surface area contributed by atoms with Crippen molar-refractivity contribution < 1.29 is 4.74 Å². The molecule has 2 N–H and O–H groups in total. The minimum atomic E-state index is -0.0638. The minimum absolute atomic E-state index is 0.0638. The minimum Gasteiger partial charge on any atom is -0.361 e. The number of nitrogens with two attached hydrogens (primary N) is 1. The molecule has 3 heteroatoms. The van der Waals surface area contributed by atoms with E-state index in [0.717, 1.165) is 12.8 Å². The Morgan fingerprint density at radius 1 is 1.23 bits per heavy atom. The van der Waals surface area contributed by atoms with Crippen LogP contribution in [0.3, 0.4) is 0 Å². The second kappa shape index (κ2) is 6.35. The van der Waals surface area contributed by atoms with Gasteiger partial charge in [0.1, 0.15) is 6.23 Å². The van der Waals surface area contributed by atoms with Gasteiger partial charge in [-0.15, -0.1) is 0 Å². The van der Waals surface area contributed by atoms with Crippen LogP contribution in [-0.4, -0.2) is 37.4 Å². The van der Waals surface area contributed by atoms with Crippen LogP contribution >= 0.6 is 0 Å². The van der Waals surface area contributed by atoms with Gasteiger partial charge in [0.2, 0.25) is 0 Å². The maximum Gasteiger partial charge on any atom is 0.107 e. The molecule has 0 aromatic carbocycles. The van der Waals surface area contributed by atoms with Crippen molar-refractivity contribution in [2.45, 2.75) is 52.0 Å².